The summed E-state index contributed by atoms with van der Waals surface area (Å²) in [5.74, 6) is 3.56. The fourth-order valence-electron chi connectivity index (χ4n) is 3.64. The summed E-state index contributed by atoms with van der Waals surface area (Å²) in [6.45, 7) is 6.51. The van der Waals surface area contributed by atoms with E-state index in [1.807, 2.05) is 55.1 Å². The molecule has 3 aromatic rings. The molecule has 31 heavy (non-hydrogen) atoms. The molecule has 8 heteroatoms. The van der Waals surface area contributed by atoms with Crippen LogP contribution in [0.3, 0.4) is 0 Å². The summed E-state index contributed by atoms with van der Waals surface area (Å²) in [6, 6.07) is 13.2. The van der Waals surface area contributed by atoms with Crippen molar-refractivity contribution in [2.24, 2.45) is 0 Å². The third-order valence-electron chi connectivity index (χ3n) is 5.22. The average molecular weight is 419 g/mol. The van der Waals surface area contributed by atoms with Crippen LogP contribution in [0.4, 0.5) is 17.5 Å². The highest BCUT2D eigenvalue weighted by molar-refractivity contribution is 5.97. The number of rotatable bonds is 5. The van der Waals surface area contributed by atoms with Gasteiger partial charge in [-0.2, -0.15) is 0 Å². The summed E-state index contributed by atoms with van der Waals surface area (Å²) in [5, 5.41) is 3.26. The van der Waals surface area contributed by atoms with Crippen molar-refractivity contribution in [1.82, 2.24) is 19.9 Å². The highest BCUT2D eigenvalue weighted by Gasteiger charge is 2.25. The molecular weight excluding hydrogens is 392 g/mol. The lowest BCUT2D eigenvalue weighted by molar-refractivity contribution is 0.0743. The van der Waals surface area contributed by atoms with Gasteiger partial charge in [-0.05, 0) is 43.7 Å². The van der Waals surface area contributed by atoms with Gasteiger partial charge in [0.1, 0.15) is 29.0 Å². The summed E-state index contributed by atoms with van der Waals surface area (Å²) in [4.78, 5) is 30.4. The molecule has 0 spiro atoms. The van der Waals surface area contributed by atoms with Gasteiger partial charge < -0.3 is 19.9 Å². The molecule has 0 unspecified atom stereocenters. The number of aromatic nitrogens is 3. The first-order valence-electron chi connectivity index (χ1n) is 10.3. The number of anilines is 3. The summed E-state index contributed by atoms with van der Waals surface area (Å²) >= 11 is 0. The first-order valence-corrected chi connectivity index (χ1v) is 10.3. The summed E-state index contributed by atoms with van der Waals surface area (Å²) in [6.07, 6.45) is 1.77. The number of hydrogen-bond donors (Lipinski definition) is 1. The molecule has 0 radical (unpaired) electrons. The SMILES string of the molecule is COc1ccccc1C(=O)N1CCN(c2cc(Nc3cc(C)ccn3)nc(C)n2)CC1. The molecule has 3 heterocycles. The molecule has 1 aromatic carbocycles. The number of nitrogens with one attached hydrogen (secondary N) is 1. The zero-order valence-corrected chi connectivity index (χ0v) is 18.0. The zero-order valence-electron chi connectivity index (χ0n) is 18.0. The van der Waals surface area contributed by atoms with E-state index in [1.165, 1.54) is 0 Å². The first kappa shape index (κ1) is 20.6. The number of para-hydroxylation sites is 1. The van der Waals surface area contributed by atoms with E-state index in [1.54, 1.807) is 19.4 Å². The Morgan fingerprint density at radius 2 is 1.77 bits per heavy atom. The number of ether oxygens (including phenoxy) is 1. The van der Waals surface area contributed by atoms with Crippen LogP contribution in [-0.2, 0) is 0 Å². The second kappa shape index (κ2) is 8.99. The number of carbonyl (C=O) groups is 1. The minimum absolute atomic E-state index is 0.0103. The van der Waals surface area contributed by atoms with Crippen LogP contribution in [0.25, 0.3) is 0 Å². The molecule has 0 bridgehead atoms. The Hall–Kier alpha value is -3.68. The number of pyridine rings is 1. The number of hydrogen-bond acceptors (Lipinski definition) is 7. The van der Waals surface area contributed by atoms with E-state index < -0.39 is 0 Å². The van der Waals surface area contributed by atoms with Crippen molar-refractivity contribution in [3.05, 3.63) is 65.6 Å². The second-order valence-corrected chi connectivity index (χ2v) is 7.48. The maximum atomic E-state index is 12.9. The Bertz CT molecular complexity index is 1080. The predicted molar refractivity (Wildman–Crippen MR) is 120 cm³/mol. The zero-order chi connectivity index (χ0) is 21.8. The monoisotopic (exact) mass is 418 g/mol. The Balaban J connectivity index is 1.45. The Labute approximate surface area is 181 Å². The standard InChI is InChI=1S/C23H26N6O2/c1-16-8-9-24-20(14-16)27-21-15-22(26-17(2)25-21)28-10-12-29(13-11-28)23(30)18-6-4-5-7-19(18)31-3/h4-9,14-15H,10-13H2,1-3H3,(H,24,25,26,27). The number of benzene rings is 1. The summed E-state index contributed by atoms with van der Waals surface area (Å²) in [5.41, 5.74) is 1.72. The van der Waals surface area contributed by atoms with Crippen LogP contribution < -0.4 is 15.0 Å². The van der Waals surface area contributed by atoms with Crippen molar-refractivity contribution in [3.8, 4) is 5.75 Å². The highest BCUT2D eigenvalue weighted by Crippen LogP contribution is 2.23. The Morgan fingerprint density at radius 3 is 2.52 bits per heavy atom. The third-order valence-corrected chi connectivity index (χ3v) is 5.22. The van der Waals surface area contributed by atoms with Crippen LogP contribution in [0, 0.1) is 13.8 Å². The summed E-state index contributed by atoms with van der Waals surface area (Å²) in [7, 11) is 1.58. The predicted octanol–water partition coefficient (Wildman–Crippen LogP) is 3.20. The molecule has 1 amide bonds. The number of nitrogens with zero attached hydrogens (tertiary/aromatic N) is 5. The molecule has 1 saturated heterocycles. The quantitative estimate of drug-likeness (QED) is 0.681. The van der Waals surface area contributed by atoms with Crippen LogP contribution in [0.5, 0.6) is 5.75 Å². The highest BCUT2D eigenvalue weighted by atomic mass is 16.5. The van der Waals surface area contributed by atoms with Gasteiger partial charge in [0.15, 0.2) is 0 Å². The van der Waals surface area contributed by atoms with E-state index in [4.69, 9.17) is 4.74 Å². The van der Waals surface area contributed by atoms with Crippen LogP contribution in [0.15, 0.2) is 48.7 Å². The van der Waals surface area contributed by atoms with Crippen LogP contribution in [0.2, 0.25) is 0 Å². The van der Waals surface area contributed by atoms with E-state index in [0.29, 0.717) is 49.1 Å². The molecule has 1 fully saturated rings. The second-order valence-electron chi connectivity index (χ2n) is 7.48. The molecule has 4 rings (SSSR count). The van der Waals surface area contributed by atoms with Gasteiger partial charge in [-0.3, -0.25) is 4.79 Å². The molecule has 1 aliphatic heterocycles. The van der Waals surface area contributed by atoms with Gasteiger partial charge in [-0.25, -0.2) is 15.0 Å². The van der Waals surface area contributed by atoms with E-state index >= 15 is 0 Å². The fraction of sp³-hybridized carbons (Fsp3) is 0.304. The van der Waals surface area contributed by atoms with Crippen molar-refractivity contribution in [2.75, 3.05) is 43.5 Å². The van der Waals surface area contributed by atoms with Gasteiger partial charge in [-0.15, -0.1) is 0 Å². The molecule has 1 aliphatic rings. The molecule has 1 N–H and O–H groups in total. The lowest BCUT2D eigenvalue weighted by Gasteiger charge is -2.35. The fourth-order valence-corrected chi connectivity index (χ4v) is 3.64. The lowest BCUT2D eigenvalue weighted by Crippen LogP contribution is -2.49. The van der Waals surface area contributed by atoms with E-state index in [-0.39, 0.29) is 5.91 Å². The van der Waals surface area contributed by atoms with Crippen LogP contribution >= 0.6 is 0 Å². The molecule has 8 nitrogen and oxygen atoms in total. The maximum absolute atomic E-state index is 12.9. The van der Waals surface area contributed by atoms with Crippen molar-refractivity contribution >= 4 is 23.4 Å². The van der Waals surface area contributed by atoms with E-state index in [0.717, 1.165) is 17.2 Å². The summed E-state index contributed by atoms with van der Waals surface area (Å²) < 4.78 is 5.34. The first-order chi connectivity index (χ1) is 15.0. The molecule has 2 aromatic heterocycles. The van der Waals surface area contributed by atoms with Crippen molar-refractivity contribution < 1.29 is 9.53 Å². The molecule has 160 valence electrons. The van der Waals surface area contributed by atoms with Gasteiger partial charge >= 0.3 is 0 Å². The van der Waals surface area contributed by atoms with Gasteiger partial charge in [0.05, 0.1) is 12.7 Å². The van der Waals surface area contributed by atoms with Gasteiger partial charge in [0.25, 0.3) is 5.91 Å². The van der Waals surface area contributed by atoms with E-state index in [9.17, 15) is 4.79 Å². The van der Waals surface area contributed by atoms with Gasteiger partial charge in [0, 0.05) is 38.4 Å². The lowest BCUT2D eigenvalue weighted by atomic mass is 10.1. The van der Waals surface area contributed by atoms with Crippen molar-refractivity contribution in [2.45, 2.75) is 13.8 Å². The number of piperazine rings is 1. The minimum atomic E-state index is -0.0103. The molecule has 0 atom stereocenters. The van der Waals surface area contributed by atoms with Gasteiger partial charge in [0.2, 0.25) is 0 Å². The molecule has 0 saturated carbocycles. The van der Waals surface area contributed by atoms with Crippen molar-refractivity contribution in [1.29, 1.82) is 0 Å². The van der Waals surface area contributed by atoms with Crippen LogP contribution in [0.1, 0.15) is 21.7 Å². The Morgan fingerprint density at radius 1 is 1.00 bits per heavy atom. The average Bonchev–Trinajstić information content (AvgIpc) is 2.78. The number of carbonyl (C=O) groups excluding carboxylic acids is 1. The molecular formula is C23H26N6O2. The third kappa shape index (κ3) is 4.74. The van der Waals surface area contributed by atoms with Crippen LogP contribution in [-0.4, -0.2) is 59.0 Å². The number of amides is 1. The maximum Gasteiger partial charge on any atom is 0.257 e. The number of aryl methyl sites for hydroxylation is 2. The normalized spacial score (nSPS) is 13.8. The van der Waals surface area contributed by atoms with E-state index in [2.05, 4.69) is 25.2 Å². The number of methoxy groups -OCH3 is 1. The molecule has 0 aliphatic carbocycles. The van der Waals surface area contributed by atoms with Gasteiger partial charge in [-0.1, -0.05) is 12.1 Å². The minimum Gasteiger partial charge on any atom is -0.496 e. The smallest absolute Gasteiger partial charge is 0.257 e. The van der Waals surface area contributed by atoms with Crippen molar-refractivity contribution in [3.63, 3.8) is 0 Å². The Kier molecular flexibility index (Phi) is 5.97. The largest absolute Gasteiger partial charge is 0.496 e. The topological polar surface area (TPSA) is 83.5 Å².